The molecule has 1 aromatic heterocycles. The third-order valence-electron chi connectivity index (χ3n) is 3.59. The Morgan fingerprint density at radius 1 is 1.39 bits per heavy atom. The minimum absolute atomic E-state index is 0.306. The molecule has 0 aliphatic carbocycles. The Morgan fingerprint density at radius 2 is 2.06 bits per heavy atom. The van der Waals surface area contributed by atoms with E-state index in [9.17, 15) is 0 Å². The van der Waals surface area contributed by atoms with Crippen LogP contribution in [0.25, 0.3) is 0 Å². The zero-order valence-electron chi connectivity index (χ0n) is 12.9. The van der Waals surface area contributed by atoms with E-state index in [0.29, 0.717) is 11.5 Å². The smallest absolute Gasteiger partial charge is 0.0624 e. The molecule has 0 spiro atoms. The summed E-state index contributed by atoms with van der Waals surface area (Å²) in [5.74, 6) is 0. The van der Waals surface area contributed by atoms with Gasteiger partial charge in [0, 0.05) is 18.3 Å². The minimum atomic E-state index is 0.306. The van der Waals surface area contributed by atoms with Crippen molar-refractivity contribution in [1.29, 1.82) is 0 Å². The maximum absolute atomic E-state index is 4.63. The van der Waals surface area contributed by atoms with E-state index in [-0.39, 0.29) is 0 Å². The Labute approximate surface area is 112 Å². The molecule has 0 aliphatic heterocycles. The summed E-state index contributed by atoms with van der Waals surface area (Å²) >= 11 is 0. The molecule has 0 radical (unpaired) electrons. The molecule has 0 fully saturated rings. The van der Waals surface area contributed by atoms with Crippen molar-refractivity contribution in [3.8, 4) is 0 Å². The number of nitrogens with zero attached hydrogens (tertiary/aromatic N) is 2. The molecular formula is C15H29N3. The van der Waals surface area contributed by atoms with Crippen LogP contribution < -0.4 is 5.32 Å². The van der Waals surface area contributed by atoms with Gasteiger partial charge in [0.2, 0.25) is 0 Å². The fraction of sp³-hybridized carbons (Fsp3) is 0.800. The van der Waals surface area contributed by atoms with Crippen molar-refractivity contribution in [1.82, 2.24) is 15.1 Å². The molecule has 0 bridgehead atoms. The first kappa shape index (κ1) is 15.2. The lowest BCUT2D eigenvalue weighted by Gasteiger charge is -2.28. The topological polar surface area (TPSA) is 29.9 Å². The molecular weight excluding hydrogens is 222 g/mol. The van der Waals surface area contributed by atoms with Crippen molar-refractivity contribution in [3.05, 3.63) is 17.5 Å². The Morgan fingerprint density at radius 3 is 2.56 bits per heavy atom. The van der Waals surface area contributed by atoms with Gasteiger partial charge in [0.1, 0.15) is 0 Å². The Balaban J connectivity index is 2.78. The molecule has 0 aliphatic rings. The molecule has 3 heteroatoms. The van der Waals surface area contributed by atoms with E-state index in [2.05, 4.69) is 55.8 Å². The van der Waals surface area contributed by atoms with Gasteiger partial charge in [-0.25, -0.2) is 0 Å². The van der Waals surface area contributed by atoms with Gasteiger partial charge in [-0.05, 0) is 51.6 Å². The lowest BCUT2D eigenvalue weighted by molar-refractivity contribution is 0.286. The van der Waals surface area contributed by atoms with E-state index >= 15 is 0 Å². The number of rotatable bonds is 7. The van der Waals surface area contributed by atoms with Gasteiger partial charge >= 0.3 is 0 Å². The Hall–Kier alpha value is -0.830. The summed E-state index contributed by atoms with van der Waals surface area (Å²) in [7, 11) is 2.03. The maximum Gasteiger partial charge on any atom is 0.0624 e. The van der Waals surface area contributed by atoms with Gasteiger partial charge in [0.25, 0.3) is 0 Å². The largest absolute Gasteiger partial charge is 0.317 e. The zero-order chi connectivity index (χ0) is 13.8. The predicted molar refractivity (Wildman–Crippen MR) is 77.9 cm³/mol. The first-order valence-corrected chi connectivity index (χ1v) is 7.14. The van der Waals surface area contributed by atoms with Crippen LogP contribution in [-0.4, -0.2) is 22.9 Å². The summed E-state index contributed by atoms with van der Waals surface area (Å²) in [6.07, 6.45) is 3.30. The second-order valence-electron chi connectivity index (χ2n) is 6.03. The molecule has 1 unspecified atom stereocenters. The summed E-state index contributed by atoms with van der Waals surface area (Å²) in [5, 5.41) is 7.96. The summed E-state index contributed by atoms with van der Waals surface area (Å²) in [6.45, 7) is 12.2. The van der Waals surface area contributed by atoms with E-state index in [1.54, 1.807) is 0 Å². The molecule has 0 saturated carbocycles. The SMILES string of the molecule is CCc1cc(CC(C)(C)CC(C)NC)n(CC)n1. The van der Waals surface area contributed by atoms with Crippen LogP contribution in [0.3, 0.4) is 0 Å². The van der Waals surface area contributed by atoms with Gasteiger partial charge in [0.05, 0.1) is 5.69 Å². The molecule has 1 heterocycles. The zero-order valence-corrected chi connectivity index (χ0v) is 12.9. The van der Waals surface area contributed by atoms with Crippen LogP contribution in [0.15, 0.2) is 6.07 Å². The Bertz CT molecular complexity index is 366. The van der Waals surface area contributed by atoms with Crippen molar-refractivity contribution in [2.45, 2.75) is 66.5 Å². The van der Waals surface area contributed by atoms with Crippen LogP contribution in [0.4, 0.5) is 0 Å². The number of aromatic nitrogens is 2. The number of hydrogen-bond acceptors (Lipinski definition) is 2. The second-order valence-corrected chi connectivity index (χ2v) is 6.03. The van der Waals surface area contributed by atoms with E-state index < -0.39 is 0 Å². The lowest BCUT2D eigenvalue weighted by Crippen LogP contribution is -2.30. The predicted octanol–water partition coefficient (Wildman–Crippen LogP) is 3.03. The van der Waals surface area contributed by atoms with Crippen LogP contribution in [0.2, 0.25) is 0 Å². The third-order valence-corrected chi connectivity index (χ3v) is 3.59. The summed E-state index contributed by atoms with van der Waals surface area (Å²) in [4.78, 5) is 0. The van der Waals surface area contributed by atoms with Gasteiger partial charge < -0.3 is 5.32 Å². The number of hydrogen-bond donors (Lipinski definition) is 1. The lowest BCUT2D eigenvalue weighted by atomic mass is 9.81. The molecule has 3 nitrogen and oxygen atoms in total. The number of nitrogens with one attached hydrogen (secondary N) is 1. The number of aryl methyl sites for hydroxylation is 2. The van der Waals surface area contributed by atoms with Crippen LogP contribution in [0, 0.1) is 5.41 Å². The average Bonchev–Trinajstić information content (AvgIpc) is 2.69. The van der Waals surface area contributed by atoms with Gasteiger partial charge in [-0.2, -0.15) is 5.10 Å². The minimum Gasteiger partial charge on any atom is -0.317 e. The maximum atomic E-state index is 4.63. The van der Waals surface area contributed by atoms with Gasteiger partial charge in [0.15, 0.2) is 0 Å². The van der Waals surface area contributed by atoms with Crippen molar-refractivity contribution in [2.75, 3.05) is 7.05 Å². The highest BCUT2D eigenvalue weighted by molar-refractivity contribution is 5.12. The molecule has 1 rings (SSSR count). The average molecular weight is 251 g/mol. The first-order chi connectivity index (χ1) is 8.41. The Kier molecular flexibility index (Phi) is 5.39. The summed E-state index contributed by atoms with van der Waals surface area (Å²) in [6, 6.07) is 2.83. The molecule has 1 N–H and O–H groups in total. The normalized spacial score (nSPS) is 13.9. The standard InChI is InChI=1S/C15H29N3/c1-7-13-9-14(18(8-2)17-13)11-15(4,5)10-12(3)16-6/h9,12,16H,7-8,10-11H2,1-6H3. The molecule has 1 atom stereocenters. The molecule has 0 amide bonds. The molecule has 0 aromatic carbocycles. The highest BCUT2D eigenvalue weighted by Gasteiger charge is 2.23. The van der Waals surface area contributed by atoms with Gasteiger partial charge in [-0.1, -0.05) is 20.8 Å². The van der Waals surface area contributed by atoms with Gasteiger partial charge in [-0.3, -0.25) is 4.68 Å². The second kappa shape index (κ2) is 6.37. The van der Waals surface area contributed by atoms with Crippen molar-refractivity contribution in [2.24, 2.45) is 5.41 Å². The molecule has 18 heavy (non-hydrogen) atoms. The fourth-order valence-electron chi connectivity index (χ4n) is 2.60. The fourth-order valence-corrected chi connectivity index (χ4v) is 2.60. The highest BCUT2D eigenvalue weighted by Crippen LogP contribution is 2.27. The molecule has 104 valence electrons. The van der Waals surface area contributed by atoms with Crippen molar-refractivity contribution < 1.29 is 0 Å². The van der Waals surface area contributed by atoms with E-state index in [1.807, 2.05) is 7.05 Å². The van der Waals surface area contributed by atoms with Crippen LogP contribution >= 0.6 is 0 Å². The van der Waals surface area contributed by atoms with Crippen LogP contribution in [0.5, 0.6) is 0 Å². The monoisotopic (exact) mass is 251 g/mol. The van der Waals surface area contributed by atoms with Crippen molar-refractivity contribution in [3.63, 3.8) is 0 Å². The quantitative estimate of drug-likeness (QED) is 0.807. The summed E-state index contributed by atoms with van der Waals surface area (Å²) < 4.78 is 2.16. The van der Waals surface area contributed by atoms with Crippen molar-refractivity contribution >= 4 is 0 Å². The van der Waals surface area contributed by atoms with E-state index in [1.165, 1.54) is 17.8 Å². The molecule has 1 aromatic rings. The summed E-state index contributed by atoms with van der Waals surface area (Å²) in [5.41, 5.74) is 2.90. The van der Waals surface area contributed by atoms with E-state index in [4.69, 9.17) is 0 Å². The third kappa shape index (κ3) is 4.13. The highest BCUT2D eigenvalue weighted by atomic mass is 15.3. The first-order valence-electron chi connectivity index (χ1n) is 7.14. The van der Waals surface area contributed by atoms with E-state index in [0.717, 1.165) is 19.4 Å². The molecule has 0 saturated heterocycles. The van der Waals surface area contributed by atoms with Gasteiger partial charge in [-0.15, -0.1) is 0 Å². The van der Waals surface area contributed by atoms with Crippen LogP contribution in [-0.2, 0) is 19.4 Å². The van der Waals surface area contributed by atoms with Crippen LogP contribution in [0.1, 0.15) is 52.4 Å².